The molecule has 0 aromatic carbocycles. The lowest BCUT2D eigenvalue weighted by Gasteiger charge is -2.12. The highest BCUT2D eigenvalue weighted by molar-refractivity contribution is 5.96. The molecule has 0 atom stereocenters. The summed E-state index contributed by atoms with van der Waals surface area (Å²) in [6.45, 7) is 1.20. The number of rotatable bonds is 6. The Balaban J connectivity index is 1.67. The maximum atomic E-state index is 12.6. The summed E-state index contributed by atoms with van der Waals surface area (Å²) in [5.74, 6) is 0.577. The van der Waals surface area contributed by atoms with Gasteiger partial charge in [0.05, 0.1) is 12.5 Å². The first-order valence-corrected chi connectivity index (χ1v) is 7.08. The molecule has 1 amide bonds. The maximum absolute atomic E-state index is 12.6. The van der Waals surface area contributed by atoms with Gasteiger partial charge in [-0.1, -0.05) is 0 Å². The van der Waals surface area contributed by atoms with Gasteiger partial charge in [0.1, 0.15) is 18.1 Å². The van der Waals surface area contributed by atoms with Crippen molar-refractivity contribution in [3.05, 3.63) is 35.4 Å². The van der Waals surface area contributed by atoms with E-state index in [0.717, 1.165) is 18.4 Å². The predicted molar refractivity (Wildman–Crippen MR) is 75.7 cm³/mol. The Kier molecular flexibility index (Phi) is 3.88. The molecule has 3 rings (SSSR count). The number of hydrogen-bond donors (Lipinski definition) is 1. The molecule has 1 aliphatic carbocycles. The normalized spacial score (nSPS) is 18.1. The van der Waals surface area contributed by atoms with Gasteiger partial charge in [0.15, 0.2) is 0 Å². The second-order valence-corrected chi connectivity index (χ2v) is 5.43. The number of nitrogens with zero attached hydrogens (tertiary/aromatic N) is 2. The van der Waals surface area contributed by atoms with Crippen molar-refractivity contribution in [2.24, 2.45) is 0 Å². The van der Waals surface area contributed by atoms with Gasteiger partial charge in [0.2, 0.25) is 0 Å². The van der Waals surface area contributed by atoms with Gasteiger partial charge < -0.3 is 15.0 Å². The van der Waals surface area contributed by atoms with Crippen LogP contribution in [0.25, 0.3) is 0 Å². The molecule has 1 aliphatic heterocycles. The molecule has 1 aromatic rings. The van der Waals surface area contributed by atoms with Crippen molar-refractivity contribution in [3.8, 4) is 5.75 Å². The first kappa shape index (κ1) is 14.0. The molecule has 0 saturated heterocycles. The second-order valence-electron chi connectivity index (χ2n) is 5.43. The molecule has 112 valence electrons. The van der Waals surface area contributed by atoms with Gasteiger partial charge in [-0.2, -0.15) is 0 Å². The average molecular weight is 291 g/mol. The highest BCUT2D eigenvalue weighted by Crippen LogP contribution is 2.34. The number of nitrogens with one attached hydrogen (secondary N) is 1. The second kappa shape index (κ2) is 5.81. The first-order chi connectivity index (χ1) is 10.2. The summed E-state index contributed by atoms with van der Waals surface area (Å²) < 4.78 is 18.2. The lowest BCUT2D eigenvalue weighted by atomic mass is 10.2. The fourth-order valence-corrected chi connectivity index (χ4v) is 2.48. The molecule has 1 fully saturated rings. The van der Waals surface area contributed by atoms with E-state index in [2.05, 4.69) is 10.3 Å². The van der Waals surface area contributed by atoms with Crippen molar-refractivity contribution in [1.82, 2.24) is 15.2 Å². The van der Waals surface area contributed by atoms with E-state index >= 15 is 0 Å². The van der Waals surface area contributed by atoms with E-state index in [1.165, 1.54) is 6.20 Å². The first-order valence-electron chi connectivity index (χ1n) is 7.08. The Hall–Kier alpha value is -1.95. The van der Waals surface area contributed by atoms with Crippen LogP contribution in [0.1, 0.15) is 28.9 Å². The van der Waals surface area contributed by atoms with Gasteiger partial charge in [0.25, 0.3) is 5.91 Å². The zero-order valence-corrected chi connectivity index (χ0v) is 11.9. The van der Waals surface area contributed by atoms with Crippen LogP contribution in [0.15, 0.2) is 24.2 Å². The Bertz CT molecular complexity index is 584. The van der Waals surface area contributed by atoms with Gasteiger partial charge in [-0.05, 0) is 26.0 Å². The standard InChI is InChI=1S/C15H18FN3O2/c1-17-6-10(5-16)9-21-13-4-11-8-19(12-2-3-12)15(20)14(11)18-7-13/h4-5,7,12,17H,2-3,6,8-9H2,1H3/b10-5+. The minimum Gasteiger partial charge on any atom is -0.487 e. The van der Waals surface area contributed by atoms with Crippen LogP contribution in [0.3, 0.4) is 0 Å². The molecule has 2 aliphatic rings. The summed E-state index contributed by atoms with van der Waals surface area (Å²) >= 11 is 0. The van der Waals surface area contributed by atoms with Crippen molar-refractivity contribution in [2.75, 3.05) is 20.2 Å². The summed E-state index contributed by atoms with van der Waals surface area (Å²) in [6, 6.07) is 2.21. The Labute approximate surface area is 122 Å². The lowest BCUT2D eigenvalue weighted by Crippen LogP contribution is -2.26. The Morgan fingerprint density at radius 1 is 1.62 bits per heavy atom. The van der Waals surface area contributed by atoms with E-state index in [0.29, 0.717) is 42.5 Å². The zero-order valence-electron chi connectivity index (χ0n) is 11.9. The van der Waals surface area contributed by atoms with Crippen molar-refractivity contribution in [2.45, 2.75) is 25.4 Å². The van der Waals surface area contributed by atoms with Crippen LogP contribution in [-0.2, 0) is 6.54 Å². The molecule has 0 bridgehead atoms. The fourth-order valence-electron chi connectivity index (χ4n) is 2.48. The third-order valence-corrected chi connectivity index (χ3v) is 3.72. The number of amides is 1. The highest BCUT2D eigenvalue weighted by Gasteiger charge is 2.39. The van der Waals surface area contributed by atoms with Crippen LogP contribution in [0.5, 0.6) is 5.75 Å². The molecule has 1 aromatic heterocycles. The molecule has 2 heterocycles. The average Bonchev–Trinajstić information content (AvgIpc) is 3.28. The molecule has 5 nitrogen and oxygen atoms in total. The van der Waals surface area contributed by atoms with Crippen LogP contribution in [-0.4, -0.2) is 42.0 Å². The molecule has 0 spiro atoms. The minimum atomic E-state index is 0.0126. The molecule has 0 radical (unpaired) electrons. The Morgan fingerprint density at radius 3 is 3.10 bits per heavy atom. The summed E-state index contributed by atoms with van der Waals surface area (Å²) in [6.07, 6.45) is 4.24. The summed E-state index contributed by atoms with van der Waals surface area (Å²) in [4.78, 5) is 18.2. The molecule has 21 heavy (non-hydrogen) atoms. The zero-order chi connectivity index (χ0) is 14.8. The third-order valence-electron chi connectivity index (χ3n) is 3.72. The maximum Gasteiger partial charge on any atom is 0.273 e. The van der Waals surface area contributed by atoms with Gasteiger partial charge >= 0.3 is 0 Å². The van der Waals surface area contributed by atoms with Gasteiger partial charge in [-0.25, -0.2) is 9.37 Å². The van der Waals surface area contributed by atoms with Crippen LogP contribution >= 0.6 is 0 Å². The molecular weight excluding hydrogens is 273 g/mol. The summed E-state index contributed by atoms with van der Waals surface area (Å²) in [5.41, 5.74) is 1.93. The van der Waals surface area contributed by atoms with Crippen molar-refractivity contribution in [3.63, 3.8) is 0 Å². The fraction of sp³-hybridized carbons (Fsp3) is 0.467. The number of likely N-dealkylation sites (N-methyl/N-ethyl adjacent to an activating group) is 1. The van der Waals surface area contributed by atoms with Crippen LogP contribution in [0.2, 0.25) is 0 Å². The largest absolute Gasteiger partial charge is 0.487 e. The molecule has 6 heteroatoms. The quantitative estimate of drug-likeness (QED) is 0.866. The van der Waals surface area contributed by atoms with Crippen LogP contribution < -0.4 is 10.1 Å². The monoisotopic (exact) mass is 291 g/mol. The van der Waals surface area contributed by atoms with Crippen molar-refractivity contribution in [1.29, 1.82) is 0 Å². The summed E-state index contributed by atoms with van der Waals surface area (Å²) in [5, 5.41) is 2.87. The minimum absolute atomic E-state index is 0.0126. The third kappa shape index (κ3) is 2.90. The van der Waals surface area contributed by atoms with Gasteiger partial charge in [0, 0.05) is 30.3 Å². The van der Waals surface area contributed by atoms with E-state index < -0.39 is 0 Å². The number of halogens is 1. The van der Waals surface area contributed by atoms with Crippen molar-refractivity contribution >= 4 is 5.91 Å². The molecule has 0 unspecified atom stereocenters. The van der Waals surface area contributed by atoms with Crippen LogP contribution in [0.4, 0.5) is 4.39 Å². The van der Waals surface area contributed by atoms with E-state index in [1.54, 1.807) is 7.05 Å². The van der Waals surface area contributed by atoms with E-state index in [-0.39, 0.29) is 12.5 Å². The highest BCUT2D eigenvalue weighted by atomic mass is 19.1. The summed E-state index contributed by atoms with van der Waals surface area (Å²) in [7, 11) is 1.75. The number of carbonyl (C=O) groups is 1. The number of pyridine rings is 1. The SMILES string of the molecule is CNC/C(=C\F)COc1cnc2c(c1)CN(C1CC1)C2=O. The number of fused-ring (bicyclic) bond motifs is 1. The predicted octanol–water partition coefficient (Wildman–Crippen LogP) is 1.65. The molecule has 1 saturated carbocycles. The van der Waals surface area contributed by atoms with E-state index in [4.69, 9.17) is 4.74 Å². The number of hydrogen-bond acceptors (Lipinski definition) is 4. The van der Waals surface area contributed by atoms with E-state index in [1.807, 2.05) is 11.0 Å². The topological polar surface area (TPSA) is 54.5 Å². The number of aromatic nitrogens is 1. The number of carbonyl (C=O) groups excluding carboxylic acids is 1. The van der Waals surface area contributed by atoms with Crippen LogP contribution in [0, 0.1) is 0 Å². The van der Waals surface area contributed by atoms with Crippen molar-refractivity contribution < 1.29 is 13.9 Å². The smallest absolute Gasteiger partial charge is 0.273 e. The van der Waals surface area contributed by atoms with Gasteiger partial charge in [-0.3, -0.25) is 4.79 Å². The number of ether oxygens (including phenoxy) is 1. The Morgan fingerprint density at radius 2 is 2.43 bits per heavy atom. The molecule has 1 N–H and O–H groups in total. The molecular formula is C15H18FN3O2. The van der Waals surface area contributed by atoms with E-state index in [9.17, 15) is 9.18 Å². The van der Waals surface area contributed by atoms with Gasteiger partial charge in [-0.15, -0.1) is 0 Å². The lowest BCUT2D eigenvalue weighted by molar-refractivity contribution is 0.0762.